The molecule has 3 nitrogen and oxygen atoms in total. The Balaban J connectivity index is 2.31. The minimum Gasteiger partial charge on any atom is -0.276 e. The fourth-order valence-corrected chi connectivity index (χ4v) is 1.21. The van der Waals surface area contributed by atoms with Crippen molar-refractivity contribution in [2.24, 2.45) is 0 Å². The van der Waals surface area contributed by atoms with Crippen molar-refractivity contribution in [3.05, 3.63) is 24.2 Å². The van der Waals surface area contributed by atoms with Crippen LogP contribution in [-0.2, 0) is 0 Å². The average molecular weight is 206 g/mol. The second kappa shape index (κ2) is 4.12. The zero-order valence-electron chi connectivity index (χ0n) is 7.42. The molecule has 0 aliphatic rings. The Morgan fingerprint density at radius 3 is 3.21 bits per heavy atom. The molecule has 0 saturated carbocycles. The molecule has 2 aromatic heterocycles. The van der Waals surface area contributed by atoms with Crippen LogP contribution in [0.25, 0.3) is 10.9 Å². The van der Waals surface area contributed by atoms with Crippen LogP contribution in [0.1, 0.15) is 12.1 Å². The van der Waals surface area contributed by atoms with E-state index in [9.17, 15) is 0 Å². The van der Waals surface area contributed by atoms with Crippen LogP contribution < -0.4 is 0 Å². The van der Waals surface area contributed by atoms with Crippen molar-refractivity contribution in [3.63, 3.8) is 0 Å². The molecule has 0 amide bonds. The summed E-state index contributed by atoms with van der Waals surface area (Å²) in [6.07, 6.45) is 4.17. The largest absolute Gasteiger partial charge is 0.276 e. The summed E-state index contributed by atoms with van der Waals surface area (Å²) in [4.78, 5) is 4.16. The number of halogens is 1. The SMILES string of the molecule is ClCCC#Cc1cc2cn[nH]c2cn1. The van der Waals surface area contributed by atoms with Crippen molar-refractivity contribution in [1.82, 2.24) is 15.2 Å². The Bertz CT molecular complexity index is 493. The molecule has 0 atom stereocenters. The van der Waals surface area contributed by atoms with Gasteiger partial charge in [0.05, 0.1) is 17.9 Å². The van der Waals surface area contributed by atoms with Gasteiger partial charge in [0.25, 0.3) is 0 Å². The second-order valence-electron chi connectivity index (χ2n) is 2.77. The summed E-state index contributed by atoms with van der Waals surface area (Å²) in [5, 5.41) is 7.76. The molecule has 2 heterocycles. The predicted molar refractivity (Wildman–Crippen MR) is 56.1 cm³/mol. The molecule has 0 aromatic carbocycles. The number of aromatic amines is 1. The Hall–Kier alpha value is -1.53. The van der Waals surface area contributed by atoms with Crippen molar-refractivity contribution in [1.29, 1.82) is 0 Å². The molecule has 0 aliphatic heterocycles. The first-order chi connectivity index (χ1) is 6.90. The highest BCUT2D eigenvalue weighted by Crippen LogP contribution is 2.08. The molecule has 4 heteroatoms. The van der Waals surface area contributed by atoms with E-state index >= 15 is 0 Å². The van der Waals surface area contributed by atoms with Gasteiger partial charge in [0, 0.05) is 17.7 Å². The number of H-pyrrole nitrogens is 1. The third-order valence-corrected chi connectivity index (χ3v) is 1.95. The molecule has 14 heavy (non-hydrogen) atoms. The fourth-order valence-electron chi connectivity index (χ4n) is 1.11. The van der Waals surface area contributed by atoms with E-state index in [1.807, 2.05) is 6.07 Å². The summed E-state index contributed by atoms with van der Waals surface area (Å²) in [7, 11) is 0. The number of alkyl halides is 1. The molecule has 0 spiro atoms. The molecule has 70 valence electrons. The van der Waals surface area contributed by atoms with Crippen molar-refractivity contribution in [2.45, 2.75) is 6.42 Å². The highest BCUT2D eigenvalue weighted by molar-refractivity contribution is 6.18. The maximum atomic E-state index is 5.51. The van der Waals surface area contributed by atoms with E-state index in [2.05, 4.69) is 27.0 Å². The van der Waals surface area contributed by atoms with Crippen LogP contribution in [0.3, 0.4) is 0 Å². The van der Waals surface area contributed by atoms with Crippen LogP contribution in [-0.4, -0.2) is 21.1 Å². The minimum atomic E-state index is 0.557. The van der Waals surface area contributed by atoms with Gasteiger partial charge in [-0.2, -0.15) is 5.10 Å². The van der Waals surface area contributed by atoms with Gasteiger partial charge in [0.15, 0.2) is 0 Å². The van der Waals surface area contributed by atoms with E-state index in [0.29, 0.717) is 12.3 Å². The number of hydrogen-bond acceptors (Lipinski definition) is 2. The third kappa shape index (κ3) is 1.86. The van der Waals surface area contributed by atoms with Gasteiger partial charge in [0.1, 0.15) is 5.69 Å². The summed E-state index contributed by atoms with van der Waals surface area (Å²) in [5.41, 5.74) is 1.68. The molecule has 0 unspecified atom stereocenters. The van der Waals surface area contributed by atoms with Crippen molar-refractivity contribution < 1.29 is 0 Å². The van der Waals surface area contributed by atoms with Gasteiger partial charge in [-0.3, -0.25) is 5.10 Å². The van der Waals surface area contributed by atoms with Gasteiger partial charge in [-0.15, -0.1) is 11.6 Å². The van der Waals surface area contributed by atoms with E-state index in [0.717, 1.165) is 16.6 Å². The van der Waals surface area contributed by atoms with Crippen LogP contribution in [0.5, 0.6) is 0 Å². The molecule has 0 saturated heterocycles. The number of aromatic nitrogens is 3. The van der Waals surface area contributed by atoms with E-state index < -0.39 is 0 Å². The number of nitrogens with one attached hydrogen (secondary N) is 1. The summed E-state index contributed by atoms with van der Waals surface area (Å²) in [5.74, 6) is 6.43. The lowest BCUT2D eigenvalue weighted by atomic mass is 10.2. The standard InChI is InChI=1S/C10H8ClN3/c11-4-2-1-3-9-5-8-6-13-14-10(8)7-12-9/h5-7H,2,4H2,(H,13,14). The summed E-state index contributed by atoms with van der Waals surface area (Å²) in [6.45, 7) is 0. The van der Waals surface area contributed by atoms with Crippen LogP contribution in [0.2, 0.25) is 0 Å². The summed E-state index contributed by atoms with van der Waals surface area (Å²) >= 11 is 5.51. The first-order valence-electron chi connectivity index (χ1n) is 4.24. The predicted octanol–water partition coefficient (Wildman–Crippen LogP) is 1.94. The van der Waals surface area contributed by atoms with Crippen LogP contribution in [0.15, 0.2) is 18.5 Å². The normalized spacial score (nSPS) is 9.79. The molecule has 2 aromatic rings. The van der Waals surface area contributed by atoms with Crippen LogP contribution >= 0.6 is 11.6 Å². The molecule has 0 fully saturated rings. The van der Waals surface area contributed by atoms with E-state index in [-0.39, 0.29) is 0 Å². The number of nitrogens with zero attached hydrogens (tertiary/aromatic N) is 2. The van der Waals surface area contributed by atoms with E-state index in [1.165, 1.54) is 0 Å². The van der Waals surface area contributed by atoms with Gasteiger partial charge in [-0.05, 0) is 12.0 Å². The van der Waals surface area contributed by atoms with Gasteiger partial charge < -0.3 is 0 Å². The number of rotatable bonds is 1. The average Bonchev–Trinajstić information content (AvgIpc) is 2.65. The highest BCUT2D eigenvalue weighted by atomic mass is 35.5. The first-order valence-corrected chi connectivity index (χ1v) is 4.77. The van der Waals surface area contributed by atoms with Crippen molar-refractivity contribution >= 4 is 22.5 Å². The Kier molecular flexibility index (Phi) is 2.66. The molecule has 1 N–H and O–H groups in total. The lowest BCUT2D eigenvalue weighted by Gasteiger charge is -1.89. The monoisotopic (exact) mass is 205 g/mol. The molecular weight excluding hydrogens is 198 g/mol. The van der Waals surface area contributed by atoms with Crippen molar-refractivity contribution in [3.8, 4) is 11.8 Å². The summed E-state index contributed by atoms with van der Waals surface area (Å²) < 4.78 is 0. The van der Waals surface area contributed by atoms with Crippen LogP contribution in [0, 0.1) is 11.8 Å². The van der Waals surface area contributed by atoms with Crippen LogP contribution in [0.4, 0.5) is 0 Å². The van der Waals surface area contributed by atoms with Gasteiger partial charge in [-0.25, -0.2) is 4.98 Å². The maximum absolute atomic E-state index is 5.51. The molecule has 2 rings (SSSR count). The zero-order chi connectivity index (χ0) is 9.80. The summed E-state index contributed by atoms with van der Waals surface area (Å²) in [6, 6.07) is 1.90. The lowest BCUT2D eigenvalue weighted by molar-refractivity contribution is 1.11. The number of pyridine rings is 1. The minimum absolute atomic E-state index is 0.557. The third-order valence-electron chi connectivity index (χ3n) is 1.76. The smallest absolute Gasteiger partial charge is 0.113 e. The van der Waals surface area contributed by atoms with E-state index in [1.54, 1.807) is 12.4 Å². The van der Waals surface area contributed by atoms with Gasteiger partial charge in [-0.1, -0.05) is 5.92 Å². The Morgan fingerprint density at radius 1 is 1.43 bits per heavy atom. The van der Waals surface area contributed by atoms with Crippen molar-refractivity contribution in [2.75, 3.05) is 5.88 Å². The second-order valence-corrected chi connectivity index (χ2v) is 3.15. The maximum Gasteiger partial charge on any atom is 0.113 e. The topological polar surface area (TPSA) is 41.6 Å². The Labute approximate surface area is 86.5 Å². The Morgan fingerprint density at radius 2 is 2.36 bits per heavy atom. The molecular formula is C10H8ClN3. The van der Waals surface area contributed by atoms with Gasteiger partial charge in [0.2, 0.25) is 0 Å². The van der Waals surface area contributed by atoms with Gasteiger partial charge >= 0.3 is 0 Å². The quantitative estimate of drug-likeness (QED) is 0.571. The first kappa shape index (κ1) is 9.04. The number of hydrogen-bond donors (Lipinski definition) is 1. The lowest BCUT2D eigenvalue weighted by Crippen LogP contribution is -1.81. The zero-order valence-corrected chi connectivity index (χ0v) is 8.17. The number of fused-ring (bicyclic) bond motifs is 1. The van der Waals surface area contributed by atoms with E-state index in [4.69, 9.17) is 11.6 Å². The molecule has 0 bridgehead atoms. The molecule has 0 radical (unpaired) electrons. The highest BCUT2D eigenvalue weighted by Gasteiger charge is 1.95. The fraction of sp³-hybridized carbons (Fsp3) is 0.200. The molecule has 0 aliphatic carbocycles.